The summed E-state index contributed by atoms with van der Waals surface area (Å²) in [5.74, 6) is -0.239. The number of aryl methyl sites for hydroxylation is 1. The van der Waals surface area contributed by atoms with E-state index in [2.05, 4.69) is 73.1 Å². The van der Waals surface area contributed by atoms with Gasteiger partial charge in [0.2, 0.25) is 5.91 Å². The van der Waals surface area contributed by atoms with Crippen molar-refractivity contribution in [1.82, 2.24) is 14.9 Å². The number of nitrogens with zero attached hydrogens (tertiary/aromatic N) is 3. The van der Waals surface area contributed by atoms with Crippen LogP contribution in [-0.4, -0.2) is 20.6 Å². The van der Waals surface area contributed by atoms with Crippen molar-refractivity contribution in [1.29, 1.82) is 0 Å². The molecule has 0 radical (unpaired) electrons. The molecule has 0 unspecified atom stereocenters. The van der Waals surface area contributed by atoms with Gasteiger partial charge in [-0.1, -0.05) is 47.4 Å². The third kappa shape index (κ3) is 5.33. The molecule has 0 bridgehead atoms. The van der Waals surface area contributed by atoms with E-state index in [1.54, 1.807) is 6.20 Å². The van der Waals surface area contributed by atoms with Crippen LogP contribution in [0.25, 0.3) is 5.69 Å². The zero-order valence-corrected chi connectivity index (χ0v) is 25.2. The molecule has 0 aliphatic carbocycles. The Hall–Kier alpha value is -3.20. The second-order valence-electron chi connectivity index (χ2n) is 9.94. The maximum absolute atomic E-state index is 12.3. The highest BCUT2D eigenvalue weighted by Crippen LogP contribution is 2.44. The van der Waals surface area contributed by atoms with Gasteiger partial charge in [-0.3, -0.25) is 9.78 Å². The molecule has 1 aliphatic heterocycles. The van der Waals surface area contributed by atoms with Gasteiger partial charge in [-0.05, 0) is 92.3 Å². The van der Waals surface area contributed by atoms with Gasteiger partial charge in [0.15, 0.2) is 5.11 Å². The Balaban J connectivity index is 1.61. The van der Waals surface area contributed by atoms with Gasteiger partial charge >= 0.3 is 0 Å². The fourth-order valence-corrected chi connectivity index (χ4v) is 5.89. The molecule has 0 saturated carbocycles. The summed E-state index contributed by atoms with van der Waals surface area (Å²) >= 11 is 16.1. The van der Waals surface area contributed by atoms with Gasteiger partial charge in [0.1, 0.15) is 0 Å². The Labute approximate surface area is 247 Å². The van der Waals surface area contributed by atoms with Crippen molar-refractivity contribution in [2.24, 2.45) is 5.92 Å². The van der Waals surface area contributed by atoms with Crippen molar-refractivity contribution in [3.05, 3.63) is 105 Å². The molecule has 200 valence electrons. The third-order valence-electron chi connectivity index (χ3n) is 6.98. The largest absolute Gasteiger partial charge is 0.351 e. The minimum absolute atomic E-state index is 0.0866. The highest BCUT2D eigenvalue weighted by molar-refractivity contribution is 9.10. The molecule has 39 heavy (non-hydrogen) atoms. The van der Waals surface area contributed by atoms with Gasteiger partial charge in [-0.25, -0.2) is 0 Å². The Morgan fingerprint density at radius 2 is 1.79 bits per heavy atom. The maximum Gasteiger partial charge on any atom is 0.226 e. The van der Waals surface area contributed by atoms with E-state index >= 15 is 0 Å². The van der Waals surface area contributed by atoms with E-state index in [1.165, 1.54) is 0 Å². The van der Waals surface area contributed by atoms with Gasteiger partial charge in [0.05, 0.1) is 28.5 Å². The number of carbonyl (C=O) groups excluding carboxylic acids is 1. The highest BCUT2D eigenvalue weighted by Gasteiger charge is 2.42. The Kier molecular flexibility index (Phi) is 7.80. The van der Waals surface area contributed by atoms with Gasteiger partial charge in [-0.15, -0.1) is 0 Å². The molecule has 5 rings (SSSR count). The number of aromatic nitrogens is 2. The van der Waals surface area contributed by atoms with E-state index in [0.29, 0.717) is 15.8 Å². The van der Waals surface area contributed by atoms with Crippen LogP contribution in [0.1, 0.15) is 48.6 Å². The molecule has 6 nitrogen and oxygen atoms in total. The average molecular weight is 623 g/mol. The molecule has 0 spiro atoms. The lowest BCUT2D eigenvalue weighted by Crippen LogP contribution is -2.29. The predicted octanol–water partition coefficient (Wildman–Crippen LogP) is 7.68. The number of hydrogen-bond acceptors (Lipinski definition) is 3. The number of carbonyl (C=O) groups is 1. The SMILES string of the molecule is Cc1cc([C@@H]2[C@@H](c3ccccn3)NC(=S)N2c2ccc(NC(=O)C(C)C)c(Cl)c2)c(C)n1-c1ccc(Br)cc1. The lowest BCUT2D eigenvalue weighted by Gasteiger charge is -2.28. The van der Waals surface area contributed by atoms with Crippen LogP contribution in [0, 0.1) is 19.8 Å². The van der Waals surface area contributed by atoms with Crippen LogP contribution in [-0.2, 0) is 4.79 Å². The number of anilines is 2. The van der Waals surface area contributed by atoms with Crippen LogP contribution in [0.4, 0.5) is 11.4 Å². The molecule has 4 aromatic rings. The number of hydrogen-bond donors (Lipinski definition) is 2. The molecule has 1 saturated heterocycles. The molecule has 1 aliphatic rings. The lowest BCUT2D eigenvalue weighted by molar-refractivity contribution is -0.118. The van der Waals surface area contributed by atoms with Gasteiger partial charge < -0.3 is 20.1 Å². The van der Waals surface area contributed by atoms with E-state index in [1.807, 2.05) is 62.4 Å². The number of benzene rings is 2. The Bertz CT molecular complexity index is 1540. The molecule has 1 amide bonds. The molecule has 1 fully saturated rings. The molecule has 2 aromatic heterocycles. The molecule has 2 N–H and O–H groups in total. The number of rotatable bonds is 6. The van der Waals surface area contributed by atoms with Crippen molar-refractivity contribution in [3.63, 3.8) is 0 Å². The van der Waals surface area contributed by atoms with Crippen LogP contribution >= 0.6 is 39.7 Å². The molecule has 2 atom stereocenters. The number of thiocarbonyl (C=S) groups is 1. The topological polar surface area (TPSA) is 62.2 Å². The first-order chi connectivity index (χ1) is 18.7. The summed E-state index contributed by atoms with van der Waals surface area (Å²) in [5.41, 5.74) is 6.75. The van der Waals surface area contributed by atoms with Crippen LogP contribution in [0.15, 0.2) is 77.4 Å². The number of halogens is 2. The zero-order chi connectivity index (χ0) is 27.8. The quantitative estimate of drug-likeness (QED) is 0.216. The van der Waals surface area contributed by atoms with E-state index in [4.69, 9.17) is 23.8 Å². The van der Waals surface area contributed by atoms with Gasteiger partial charge in [0, 0.05) is 39.4 Å². The minimum atomic E-state index is -0.185. The van der Waals surface area contributed by atoms with Crippen molar-refractivity contribution in [2.45, 2.75) is 39.8 Å². The normalized spacial score (nSPS) is 17.0. The van der Waals surface area contributed by atoms with E-state index < -0.39 is 0 Å². The summed E-state index contributed by atoms with van der Waals surface area (Å²) in [4.78, 5) is 19.1. The van der Waals surface area contributed by atoms with E-state index in [0.717, 1.165) is 38.5 Å². The second-order valence-corrected chi connectivity index (χ2v) is 11.7. The molecular formula is C30H29BrClN5OS. The Morgan fingerprint density at radius 3 is 2.44 bits per heavy atom. The smallest absolute Gasteiger partial charge is 0.226 e. The van der Waals surface area contributed by atoms with Crippen molar-refractivity contribution >= 4 is 62.1 Å². The number of pyridine rings is 1. The standard InChI is InChI=1S/C30H29BrClN5OS/c1-17(2)29(38)34-25-13-12-22(16-24(25)32)37-28(27(35-30(37)39)26-7-5-6-14-33-26)23-15-18(3)36(19(23)4)21-10-8-20(31)9-11-21/h5-17,27-28H,1-4H3,(H,34,38)(H,35,39)/t27-,28-/m1/s1. The monoisotopic (exact) mass is 621 g/mol. The minimum Gasteiger partial charge on any atom is -0.351 e. The van der Waals surface area contributed by atoms with E-state index in [-0.39, 0.29) is 23.9 Å². The van der Waals surface area contributed by atoms with Crippen LogP contribution < -0.4 is 15.5 Å². The summed E-state index contributed by atoms with van der Waals surface area (Å²) in [6.45, 7) is 7.94. The summed E-state index contributed by atoms with van der Waals surface area (Å²) in [6.07, 6.45) is 1.80. The van der Waals surface area contributed by atoms with Gasteiger partial charge in [0.25, 0.3) is 0 Å². The van der Waals surface area contributed by atoms with E-state index in [9.17, 15) is 4.79 Å². The van der Waals surface area contributed by atoms with Crippen molar-refractivity contribution < 1.29 is 4.79 Å². The summed E-state index contributed by atoms with van der Waals surface area (Å²) in [7, 11) is 0. The Morgan fingerprint density at radius 1 is 1.08 bits per heavy atom. The first kappa shape index (κ1) is 27.4. The van der Waals surface area contributed by atoms with Crippen LogP contribution in [0.5, 0.6) is 0 Å². The summed E-state index contributed by atoms with van der Waals surface area (Å²) in [6, 6.07) is 21.7. The first-order valence-corrected chi connectivity index (χ1v) is 14.3. The summed E-state index contributed by atoms with van der Waals surface area (Å²) in [5, 5.41) is 7.45. The molecule has 2 aromatic carbocycles. The zero-order valence-electron chi connectivity index (χ0n) is 22.1. The first-order valence-electron chi connectivity index (χ1n) is 12.7. The van der Waals surface area contributed by atoms with Crippen LogP contribution in [0.2, 0.25) is 5.02 Å². The molecule has 9 heteroatoms. The number of nitrogens with one attached hydrogen (secondary N) is 2. The maximum atomic E-state index is 12.3. The number of amides is 1. The highest BCUT2D eigenvalue weighted by atomic mass is 79.9. The predicted molar refractivity (Wildman–Crippen MR) is 166 cm³/mol. The summed E-state index contributed by atoms with van der Waals surface area (Å²) < 4.78 is 3.29. The lowest BCUT2D eigenvalue weighted by atomic mass is 9.96. The second kappa shape index (κ2) is 11.1. The fourth-order valence-electron chi connectivity index (χ4n) is 5.06. The van der Waals surface area contributed by atoms with Gasteiger partial charge in [-0.2, -0.15) is 0 Å². The average Bonchev–Trinajstić information content (AvgIpc) is 3.41. The third-order valence-corrected chi connectivity index (χ3v) is 8.14. The fraction of sp³-hybridized carbons (Fsp3) is 0.233. The molecule has 3 heterocycles. The van der Waals surface area contributed by atoms with Crippen LogP contribution in [0.3, 0.4) is 0 Å². The molecular weight excluding hydrogens is 594 g/mol. The van der Waals surface area contributed by atoms with Crippen molar-refractivity contribution in [3.8, 4) is 5.69 Å². The van der Waals surface area contributed by atoms with Crippen molar-refractivity contribution in [2.75, 3.05) is 10.2 Å².